The van der Waals surface area contributed by atoms with E-state index in [-0.39, 0.29) is 17.4 Å². The number of fused-ring (bicyclic) bond motifs is 4. The van der Waals surface area contributed by atoms with Crippen LogP contribution in [0, 0.1) is 5.92 Å². The quantitative estimate of drug-likeness (QED) is 0.636. The molecule has 5 heteroatoms. The predicted octanol–water partition coefficient (Wildman–Crippen LogP) is 3.84. The molecule has 0 N–H and O–H groups in total. The first kappa shape index (κ1) is 20.7. The maximum absolute atomic E-state index is 13.6. The first-order valence-electron chi connectivity index (χ1n) is 11.3. The lowest BCUT2D eigenvalue weighted by molar-refractivity contribution is 0.0594. The first-order valence-corrected chi connectivity index (χ1v) is 11.3. The third-order valence-electron chi connectivity index (χ3n) is 6.71. The van der Waals surface area contributed by atoms with Gasteiger partial charge in [-0.1, -0.05) is 42.5 Å². The second-order valence-corrected chi connectivity index (χ2v) is 9.36. The predicted molar refractivity (Wildman–Crippen MR) is 127 cm³/mol. The summed E-state index contributed by atoms with van der Waals surface area (Å²) in [7, 11) is 4.08. The number of carbonyl (C=O) groups excluding carboxylic acids is 1. The molecule has 5 rings (SSSR count). The highest BCUT2D eigenvalue weighted by molar-refractivity contribution is 5.94. The molecule has 2 atom stereocenters. The minimum Gasteiger partial charge on any atom is -0.338 e. The molecule has 32 heavy (non-hydrogen) atoms. The number of pyridine rings is 1. The zero-order chi connectivity index (χ0) is 22.2. The van der Waals surface area contributed by atoms with Crippen molar-refractivity contribution >= 4 is 5.91 Å². The molecule has 1 amide bonds. The van der Waals surface area contributed by atoms with E-state index >= 15 is 0 Å². The van der Waals surface area contributed by atoms with E-state index in [1.807, 2.05) is 78.2 Å². The van der Waals surface area contributed by atoms with Crippen LogP contribution >= 0.6 is 0 Å². The molecule has 2 aliphatic rings. The summed E-state index contributed by atoms with van der Waals surface area (Å²) in [6.07, 6.45) is 1.04. The number of benzene rings is 2. The first-order chi connectivity index (χ1) is 15.5. The highest BCUT2D eigenvalue weighted by atomic mass is 16.2. The second kappa shape index (κ2) is 8.40. The zero-order valence-corrected chi connectivity index (χ0v) is 18.7. The largest absolute Gasteiger partial charge is 0.338 e. The van der Waals surface area contributed by atoms with Gasteiger partial charge in [-0.3, -0.25) is 9.59 Å². The van der Waals surface area contributed by atoms with Gasteiger partial charge in [0.25, 0.3) is 11.5 Å². The van der Waals surface area contributed by atoms with Gasteiger partial charge in [0.1, 0.15) is 0 Å². The molecule has 1 aromatic heterocycles. The normalized spacial score (nSPS) is 19.7. The lowest BCUT2D eigenvalue weighted by atomic mass is 9.82. The Balaban J connectivity index is 1.47. The maximum Gasteiger partial charge on any atom is 0.258 e. The fraction of sp³-hybridized carbons (Fsp3) is 0.333. The van der Waals surface area contributed by atoms with Crippen molar-refractivity contribution in [3.05, 3.63) is 93.9 Å². The van der Waals surface area contributed by atoms with Gasteiger partial charge in [0.05, 0.1) is 0 Å². The van der Waals surface area contributed by atoms with Gasteiger partial charge in [-0.05, 0) is 61.8 Å². The van der Waals surface area contributed by atoms with Crippen LogP contribution in [0.4, 0.5) is 0 Å². The van der Waals surface area contributed by atoms with E-state index < -0.39 is 0 Å². The standard InChI is InChI=1S/C27H29N3O2/c1-28(2)17-21-10-6-7-11-23(21)24-12-13-25-22-14-19(16-30(25)27(24)32)15-29(18-22)26(31)20-8-4-3-5-9-20/h3-13,19,22H,14-18H2,1-2H3. The van der Waals surface area contributed by atoms with Crippen LogP contribution in [0.5, 0.6) is 0 Å². The van der Waals surface area contributed by atoms with Gasteiger partial charge < -0.3 is 14.4 Å². The molecule has 1 saturated heterocycles. The van der Waals surface area contributed by atoms with E-state index in [1.54, 1.807) is 0 Å². The van der Waals surface area contributed by atoms with Gasteiger partial charge in [0.15, 0.2) is 0 Å². The summed E-state index contributed by atoms with van der Waals surface area (Å²) in [6.45, 7) is 2.84. The molecule has 0 saturated carbocycles. The number of nitrogens with zero attached hydrogens (tertiary/aromatic N) is 3. The number of aromatic nitrogens is 1. The molecule has 0 radical (unpaired) electrons. The number of likely N-dealkylation sites (tertiary alicyclic amines) is 1. The number of hydrogen-bond donors (Lipinski definition) is 0. The topological polar surface area (TPSA) is 45.6 Å². The van der Waals surface area contributed by atoms with Crippen molar-refractivity contribution < 1.29 is 4.79 Å². The molecule has 2 aliphatic heterocycles. The van der Waals surface area contributed by atoms with E-state index in [4.69, 9.17) is 0 Å². The number of piperidine rings is 1. The van der Waals surface area contributed by atoms with E-state index in [2.05, 4.69) is 17.0 Å². The molecule has 0 spiro atoms. The minimum absolute atomic E-state index is 0.0883. The van der Waals surface area contributed by atoms with Gasteiger partial charge >= 0.3 is 0 Å². The van der Waals surface area contributed by atoms with Crippen LogP contribution in [0.1, 0.15) is 34.0 Å². The Morgan fingerprint density at radius 3 is 2.44 bits per heavy atom. The monoisotopic (exact) mass is 427 g/mol. The van der Waals surface area contributed by atoms with Crippen LogP contribution in [0.15, 0.2) is 71.5 Å². The molecular formula is C27H29N3O2. The average Bonchev–Trinajstić information content (AvgIpc) is 2.80. The lowest BCUT2D eigenvalue weighted by Gasteiger charge is -2.43. The van der Waals surface area contributed by atoms with Gasteiger partial charge in [-0.15, -0.1) is 0 Å². The fourth-order valence-electron chi connectivity index (χ4n) is 5.34. The van der Waals surface area contributed by atoms with Crippen LogP contribution < -0.4 is 5.56 Å². The minimum atomic E-state index is 0.0883. The molecule has 2 unspecified atom stereocenters. The Bertz CT molecular complexity index is 1200. The lowest BCUT2D eigenvalue weighted by Crippen LogP contribution is -2.49. The summed E-state index contributed by atoms with van der Waals surface area (Å²) in [4.78, 5) is 30.7. The fourth-order valence-corrected chi connectivity index (χ4v) is 5.34. The van der Waals surface area contributed by atoms with Crippen LogP contribution in [-0.4, -0.2) is 47.5 Å². The van der Waals surface area contributed by atoms with Crippen LogP contribution in [0.3, 0.4) is 0 Å². The second-order valence-electron chi connectivity index (χ2n) is 9.36. The Hall–Kier alpha value is -3.18. The summed E-state index contributed by atoms with van der Waals surface area (Å²) in [5.41, 5.74) is 4.82. The Kier molecular flexibility index (Phi) is 5.43. The summed E-state index contributed by atoms with van der Waals surface area (Å²) >= 11 is 0. The zero-order valence-electron chi connectivity index (χ0n) is 18.7. The van der Waals surface area contributed by atoms with Crippen molar-refractivity contribution in [2.24, 2.45) is 5.92 Å². The van der Waals surface area contributed by atoms with Crippen molar-refractivity contribution in [2.75, 3.05) is 27.2 Å². The summed E-state index contributed by atoms with van der Waals surface area (Å²) in [5, 5.41) is 0. The van der Waals surface area contributed by atoms with Gasteiger partial charge in [-0.2, -0.15) is 0 Å². The molecule has 164 valence electrons. The molecule has 2 aromatic carbocycles. The third-order valence-corrected chi connectivity index (χ3v) is 6.71. The molecule has 3 heterocycles. The molecule has 0 aliphatic carbocycles. The van der Waals surface area contributed by atoms with Gasteiger partial charge in [0.2, 0.25) is 0 Å². The molecule has 2 bridgehead atoms. The molecule has 1 fully saturated rings. The van der Waals surface area contributed by atoms with E-state index in [0.717, 1.165) is 40.9 Å². The van der Waals surface area contributed by atoms with Crippen molar-refractivity contribution in [1.29, 1.82) is 0 Å². The molecular weight excluding hydrogens is 398 g/mol. The average molecular weight is 428 g/mol. The highest BCUT2D eigenvalue weighted by Gasteiger charge is 2.37. The Morgan fingerprint density at radius 2 is 1.66 bits per heavy atom. The van der Waals surface area contributed by atoms with Crippen molar-refractivity contribution in [1.82, 2.24) is 14.4 Å². The Morgan fingerprint density at radius 1 is 0.906 bits per heavy atom. The smallest absolute Gasteiger partial charge is 0.258 e. The van der Waals surface area contributed by atoms with Crippen LogP contribution in [0.2, 0.25) is 0 Å². The number of amides is 1. The molecule has 3 aromatic rings. The number of hydrogen-bond acceptors (Lipinski definition) is 3. The summed E-state index contributed by atoms with van der Waals surface area (Å²) < 4.78 is 1.98. The number of rotatable bonds is 4. The van der Waals surface area contributed by atoms with Crippen LogP contribution in [-0.2, 0) is 13.1 Å². The number of carbonyl (C=O) groups is 1. The van der Waals surface area contributed by atoms with E-state index in [9.17, 15) is 9.59 Å². The van der Waals surface area contributed by atoms with E-state index in [0.29, 0.717) is 25.6 Å². The summed E-state index contributed by atoms with van der Waals surface area (Å²) in [6, 6.07) is 21.8. The van der Waals surface area contributed by atoms with Crippen LogP contribution in [0.25, 0.3) is 11.1 Å². The Labute approximate surface area is 188 Å². The third kappa shape index (κ3) is 3.78. The molecule has 5 nitrogen and oxygen atoms in total. The van der Waals surface area contributed by atoms with Crippen molar-refractivity contribution in [3.8, 4) is 11.1 Å². The van der Waals surface area contributed by atoms with E-state index in [1.165, 1.54) is 0 Å². The highest BCUT2D eigenvalue weighted by Crippen LogP contribution is 2.36. The maximum atomic E-state index is 13.6. The van der Waals surface area contributed by atoms with Gasteiger partial charge in [0, 0.05) is 48.9 Å². The SMILES string of the molecule is CN(C)Cc1ccccc1-c1ccc2n(c1=O)CC1CC2CN(C(=O)c2ccccc2)C1. The van der Waals surface area contributed by atoms with Crippen molar-refractivity contribution in [2.45, 2.75) is 25.4 Å². The van der Waals surface area contributed by atoms with Gasteiger partial charge in [-0.25, -0.2) is 0 Å². The summed E-state index contributed by atoms with van der Waals surface area (Å²) in [5.74, 6) is 0.596. The van der Waals surface area contributed by atoms with Crippen molar-refractivity contribution in [3.63, 3.8) is 0 Å².